The summed E-state index contributed by atoms with van der Waals surface area (Å²) in [5.74, 6) is 0.804. The Labute approximate surface area is 272 Å². The minimum Gasteiger partial charge on any atom is -0.444 e. The molecule has 254 valence electrons. The van der Waals surface area contributed by atoms with Gasteiger partial charge in [0, 0.05) is 41.6 Å². The molecule has 1 amide bonds. The van der Waals surface area contributed by atoms with Crippen molar-refractivity contribution in [2.75, 3.05) is 6.54 Å². The van der Waals surface area contributed by atoms with Crippen LogP contribution < -0.4 is 5.73 Å². The summed E-state index contributed by atoms with van der Waals surface area (Å²) >= 11 is 0. The maximum Gasteiger partial charge on any atom is 0.410 e. The minimum absolute atomic E-state index is 0.109. The van der Waals surface area contributed by atoms with E-state index in [2.05, 4.69) is 67.2 Å². The SMILES string of the molecule is C=CC(=O)C(C)C.CCC.CCCCCC(C)/C(C)=C/C=C(C)/N=C1/CCN(C(=O)OC(C)(C)C)C(CC)/C1=C(/N)CCC. The molecule has 0 bridgehead atoms. The lowest BCUT2D eigenvalue weighted by atomic mass is 9.89. The van der Waals surface area contributed by atoms with Crippen molar-refractivity contribution in [3.63, 3.8) is 0 Å². The number of carbonyl (C=O) groups excluding carboxylic acids is 2. The van der Waals surface area contributed by atoms with Crippen molar-refractivity contribution in [1.29, 1.82) is 0 Å². The normalized spacial score (nSPS) is 18.5. The van der Waals surface area contributed by atoms with Gasteiger partial charge >= 0.3 is 6.09 Å². The van der Waals surface area contributed by atoms with E-state index in [1.54, 1.807) is 0 Å². The molecule has 2 N–H and O–H groups in total. The Balaban J connectivity index is 0. The van der Waals surface area contributed by atoms with E-state index in [0.717, 1.165) is 41.9 Å². The van der Waals surface area contributed by atoms with E-state index in [0.29, 0.717) is 18.9 Å². The van der Waals surface area contributed by atoms with Gasteiger partial charge in [-0.15, -0.1) is 0 Å². The molecule has 2 unspecified atom stereocenters. The number of unbranched alkanes of at least 4 members (excludes halogenated alkanes) is 2. The zero-order valence-corrected chi connectivity index (χ0v) is 30.9. The van der Waals surface area contributed by atoms with Gasteiger partial charge in [0.15, 0.2) is 5.78 Å². The summed E-state index contributed by atoms with van der Waals surface area (Å²) in [6, 6.07) is -0.113. The third kappa shape index (κ3) is 18.2. The Kier molecular flexibility index (Phi) is 23.4. The molecule has 6 heteroatoms. The van der Waals surface area contributed by atoms with Gasteiger partial charge in [0.2, 0.25) is 0 Å². The van der Waals surface area contributed by atoms with Gasteiger partial charge in [-0.25, -0.2) is 4.79 Å². The zero-order valence-electron chi connectivity index (χ0n) is 30.9. The van der Waals surface area contributed by atoms with Gasteiger partial charge in [0.05, 0.1) is 6.04 Å². The molecule has 44 heavy (non-hydrogen) atoms. The Bertz CT molecular complexity index is 980. The monoisotopic (exact) mass is 616 g/mol. The first-order valence-electron chi connectivity index (χ1n) is 17.1. The van der Waals surface area contributed by atoms with Crippen LogP contribution in [0.5, 0.6) is 0 Å². The number of ketones is 1. The predicted octanol–water partition coefficient (Wildman–Crippen LogP) is 10.7. The van der Waals surface area contributed by atoms with Gasteiger partial charge in [-0.2, -0.15) is 0 Å². The van der Waals surface area contributed by atoms with Crippen LogP contribution in [0.4, 0.5) is 4.79 Å². The summed E-state index contributed by atoms with van der Waals surface area (Å²) in [5, 5.41) is 0. The molecule has 0 aromatic rings. The number of carbonyl (C=O) groups is 2. The van der Waals surface area contributed by atoms with Crippen LogP contribution in [-0.2, 0) is 9.53 Å². The fraction of sp³-hybridized carbons (Fsp3) is 0.711. The first kappa shape index (κ1) is 43.5. The maximum absolute atomic E-state index is 13.0. The molecule has 1 aliphatic rings. The smallest absolute Gasteiger partial charge is 0.410 e. The van der Waals surface area contributed by atoms with E-state index in [1.165, 1.54) is 43.8 Å². The van der Waals surface area contributed by atoms with Crippen molar-refractivity contribution < 1.29 is 14.3 Å². The first-order valence-corrected chi connectivity index (χ1v) is 17.1. The Morgan fingerprint density at radius 2 is 1.64 bits per heavy atom. The van der Waals surface area contributed by atoms with Gasteiger partial charge in [0.1, 0.15) is 5.60 Å². The maximum atomic E-state index is 13.0. The topological polar surface area (TPSA) is 85.0 Å². The average Bonchev–Trinajstić information content (AvgIpc) is 2.94. The quantitative estimate of drug-likeness (QED) is 0.134. The number of aliphatic imine (C=N–C) groups is 1. The highest BCUT2D eigenvalue weighted by molar-refractivity contribution is 6.04. The van der Waals surface area contributed by atoms with Crippen molar-refractivity contribution in [3.8, 4) is 0 Å². The largest absolute Gasteiger partial charge is 0.444 e. The zero-order chi connectivity index (χ0) is 34.5. The Morgan fingerprint density at radius 1 is 1.05 bits per heavy atom. The number of nitrogens with zero attached hydrogens (tertiary/aromatic N) is 2. The number of likely N-dealkylation sites (tertiary alicyclic amines) is 1. The van der Waals surface area contributed by atoms with Crippen LogP contribution in [0, 0.1) is 11.8 Å². The molecule has 0 aromatic carbocycles. The highest BCUT2D eigenvalue weighted by Gasteiger charge is 2.36. The summed E-state index contributed by atoms with van der Waals surface area (Å²) in [7, 11) is 0. The number of amides is 1. The highest BCUT2D eigenvalue weighted by Crippen LogP contribution is 2.29. The molecule has 6 nitrogen and oxygen atoms in total. The van der Waals surface area contributed by atoms with Gasteiger partial charge in [-0.1, -0.05) is 106 Å². The summed E-state index contributed by atoms with van der Waals surface area (Å²) in [6.45, 7) is 30.6. The molecule has 0 aliphatic carbocycles. The van der Waals surface area contributed by atoms with Crippen LogP contribution in [-0.4, -0.2) is 40.7 Å². The van der Waals surface area contributed by atoms with E-state index in [9.17, 15) is 9.59 Å². The minimum atomic E-state index is -0.528. The molecule has 1 fully saturated rings. The van der Waals surface area contributed by atoms with Crippen LogP contribution in [0.25, 0.3) is 0 Å². The number of allylic oxidation sites excluding steroid dienone is 6. The number of hydrogen-bond donors (Lipinski definition) is 1. The molecule has 0 radical (unpaired) electrons. The van der Waals surface area contributed by atoms with Crippen LogP contribution >= 0.6 is 0 Å². The summed E-state index contributed by atoms with van der Waals surface area (Å²) < 4.78 is 5.70. The van der Waals surface area contributed by atoms with Gasteiger partial charge in [0.25, 0.3) is 0 Å². The second kappa shape index (κ2) is 23.7. The van der Waals surface area contributed by atoms with Gasteiger partial charge in [-0.3, -0.25) is 9.79 Å². The van der Waals surface area contributed by atoms with E-state index < -0.39 is 5.60 Å². The lowest BCUT2D eigenvalue weighted by molar-refractivity contribution is -0.117. The third-order valence-corrected chi connectivity index (χ3v) is 7.18. The number of nitrogens with two attached hydrogens (primary N) is 1. The van der Waals surface area contributed by atoms with Crippen LogP contribution in [0.3, 0.4) is 0 Å². The van der Waals surface area contributed by atoms with E-state index >= 15 is 0 Å². The predicted molar refractivity (Wildman–Crippen MR) is 192 cm³/mol. The Morgan fingerprint density at radius 3 is 2.07 bits per heavy atom. The van der Waals surface area contributed by atoms with Crippen LogP contribution in [0.15, 0.2) is 52.3 Å². The van der Waals surface area contributed by atoms with Crippen molar-refractivity contribution in [2.24, 2.45) is 22.6 Å². The van der Waals surface area contributed by atoms with Crippen molar-refractivity contribution >= 4 is 17.6 Å². The summed E-state index contributed by atoms with van der Waals surface area (Å²) in [6.07, 6.45) is 14.9. The number of rotatable bonds is 12. The molecule has 2 atom stereocenters. The van der Waals surface area contributed by atoms with E-state index in [4.69, 9.17) is 15.5 Å². The lowest BCUT2D eigenvalue weighted by Crippen LogP contribution is -2.50. The van der Waals surface area contributed by atoms with E-state index in [1.807, 2.05) is 46.4 Å². The summed E-state index contributed by atoms with van der Waals surface area (Å²) in [4.78, 5) is 30.2. The molecule has 1 saturated heterocycles. The number of piperidine rings is 1. The van der Waals surface area contributed by atoms with Crippen molar-refractivity contribution in [1.82, 2.24) is 4.90 Å². The molecular formula is C38H69N3O3. The van der Waals surface area contributed by atoms with Crippen molar-refractivity contribution in [3.05, 3.63) is 47.3 Å². The molecule has 1 heterocycles. The highest BCUT2D eigenvalue weighted by atomic mass is 16.6. The summed E-state index contributed by atoms with van der Waals surface area (Å²) in [5.41, 5.74) is 11.3. The van der Waals surface area contributed by atoms with E-state index in [-0.39, 0.29) is 23.8 Å². The number of ether oxygens (including phenoxy) is 1. The molecule has 1 aliphatic heterocycles. The third-order valence-electron chi connectivity index (χ3n) is 7.18. The fourth-order valence-electron chi connectivity index (χ4n) is 4.58. The molecule has 1 rings (SSSR count). The lowest BCUT2D eigenvalue weighted by Gasteiger charge is -2.39. The van der Waals surface area contributed by atoms with Crippen LogP contribution in [0.2, 0.25) is 0 Å². The second-order valence-electron chi connectivity index (χ2n) is 13.2. The molecule has 0 aromatic heterocycles. The van der Waals surface area contributed by atoms with Gasteiger partial charge < -0.3 is 15.4 Å². The van der Waals surface area contributed by atoms with Crippen molar-refractivity contribution in [2.45, 2.75) is 159 Å². The molecule has 0 spiro atoms. The first-order chi connectivity index (χ1) is 20.5. The molecule has 0 saturated carbocycles. The van der Waals surface area contributed by atoms with Gasteiger partial charge in [-0.05, 0) is 72.0 Å². The molecular weight excluding hydrogens is 546 g/mol. The number of hydrogen-bond acceptors (Lipinski definition) is 5. The standard InChI is InChI=1S/C29H51N3O2.C6H10O.C3H8/c1-10-13-14-16-21(4)22(5)17-18-23(6)31-25-19-20-32(28(33)34-29(7,8)9)26(12-3)27(25)24(30)15-11-2;1-4-6(7)5(2)3;1-3-2/h17-18,21,26H,10-16,19-20,30H2,1-9H3;4-5H,1H2,2-3H3;3H2,1-2H3/b22-17+,23-18+,27-24+,31-25-;;. The Hall–Kier alpha value is -2.63. The van der Waals surface area contributed by atoms with Crippen LogP contribution in [0.1, 0.15) is 148 Å². The average molecular weight is 616 g/mol. The fourth-order valence-corrected chi connectivity index (χ4v) is 4.58. The second-order valence-corrected chi connectivity index (χ2v) is 13.2.